The molecular weight excluding hydrogens is 481 g/mol. The van der Waals surface area contributed by atoms with Crippen molar-refractivity contribution in [2.75, 3.05) is 24.5 Å². The molecule has 0 radical (unpaired) electrons. The topological polar surface area (TPSA) is 60.9 Å². The minimum absolute atomic E-state index is 0.0186. The number of amides is 1. The normalized spacial score (nSPS) is 20.6. The highest BCUT2D eigenvalue weighted by Gasteiger charge is 2.45. The predicted octanol–water partition coefficient (Wildman–Crippen LogP) is 5.95. The molecule has 1 amide bonds. The highest BCUT2D eigenvalue weighted by Crippen LogP contribution is 2.47. The lowest BCUT2D eigenvalue weighted by atomic mass is 9.77. The molecule has 5 nitrogen and oxygen atoms in total. The average Bonchev–Trinajstić information content (AvgIpc) is 3.60. The first-order valence-corrected chi connectivity index (χ1v) is 12.2. The summed E-state index contributed by atoms with van der Waals surface area (Å²) in [6.45, 7) is 2.41. The maximum Gasteiger partial charge on any atom is 0.417 e. The fourth-order valence-electron chi connectivity index (χ4n) is 5.44. The van der Waals surface area contributed by atoms with Crippen molar-refractivity contribution in [2.45, 2.75) is 50.7 Å². The fourth-order valence-corrected chi connectivity index (χ4v) is 5.72. The van der Waals surface area contributed by atoms with Crippen molar-refractivity contribution in [1.29, 1.82) is 0 Å². The van der Waals surface area contributed by atoms with E-state index in [9.17, 15) is 22.8 Å². The Labute approximate surface area is 206 Å². The van der Waals surface area contributed by atoms with Crippen LogP contribution in [0.4, 0.5) is 18.9 Å². The largest absolute Gasteiger partial charge is 0.478 e. The van der Waals surface area contributed by atoms with Gasteiger partial charge in [-0.25, -0.2) is 4.79 Å². The molecule has 2 saturated heterocycles. The van der Waals surface area contributed by atoms with Gasteiger partial charge in [-0.1, -0.05) is 11.6 Å². The number of likely N-dealkylation sites (tertiary alicyclic amines) is 1. The van der Waals surface area contributed by atoms with E-state index in [1.54, 1.807) is 17.0 Å². The third-order valence-electron chi connectivity index (χ3n) is 7.61. The second-order valence-electron chi connectivity index (χ2n) is 10.1. The van der Waals surface area contributed by atoms with Gasteiger partial charge >= 0.3 is 12.1 Å². The van der Waals surface area contributed by atoms with E-state index in [0.717, 1.165) is 31.2 Å². The van der Waals surface area contributed by atoms with Gasteiger partial charge in [-0.15, -0.1) is 0 Å². The van der Waals surface area contributed by atoms with Crippen LogP contribution in [0.2, 0.25) is 5.02 Å². The minimum Gasteiger partial charge on any atom is -0.478 e. The number of benzene rings is 2. The van der Waals surface area contributed by atoms with E-state index in [1.165, 1.54) is 24.3 Å². The number of anilines is 1. The van der Waals surface area contributed by atoms with Gasteiger partial charge in [0.25, 0.3) is 0 Å². The number of aromatic carboxylic acids is 1. The highest BCUT2D eigenvalue weighted by molar-refractivity contribution is 6.31. The molecule has 0 bridgehead atoms. The van der Waals surface area contributed by atoms with Crippen LogP contribution in [-0.4, -0.2) is 41.5 Å². The van der Waals surface area contributed by atoms with E-state index in [-0.39, 0.29) is 27.8 Å². The van der Waals surface area contributed by atoms with Gasteiger partial charge in [0.15, 0.2) is 0 Å². The molecule has 0 atom stereocenters. The molecule has 35 heavy (non-hydrogen) atoms. The summed E-state index contributed by atoms with van der Waals surface area (Å²) in [6.07, 6.45) is -0.557. The Morgan fingerprint density at radius 3 is 2.34 bits per heavy atom. The minimum atomic E-state index is -4.49. The number of alkyl halides is 3. The Kier molecular flexibility index (Phi) is 6.08. The summed E-state index contributed by atoms with van der Waals surface area (Å²) in [5.41, 5.74) is 1.53. The number of rotatable bonds is 5. The lowest BCUT2D eigenvalue weighted by Crippen LogP contribution is -2.41. The number of carboxylic acid groups (broad SMARTS) is 1. The van der Waals surface area contributed by atoms with Crippen LogP contribution in [0.5, 0.6) is 0 Å². The molecular formula is C26H26ClF3N2O3. The average molecular weight is 507 g/mol. The predicted molar refractivity (Wildman–Crippen MR) is 126 cm³/mol. The van der Waals surface area contributed by atoms with Gasteiger partial charge in [-0.2, -0.15) is 13.2 Å². The zero-order valence-electron chi connectivity index (χ0n) is 19.1. The van der Waals surface area contributed by atoms with E-state index < -0.39 is 17.7 Å². The van der Waals surface area contributed by atoms with Gasteiger partial charge in [0.1, 0.15) is 0 Å². The third kappa shape index (κ3) is 4.91. The summed E-state index contributed by atoms with van der Waals surface area (Å²) in [7, 11) is 0. The summed E-state index contributed by atoms with van der Waals surface area (Å²) < 4.78 is 40.4. The molecule has 1 aliphatic carbocycles. The Hall–Kier alpha value is -2.58. The zero-order valence-corrected chi connectivity index (χ0v) is 19.8. The summed E-state index contributed by atoms with van der Waals surface area (Å²) in [4.78, 5) is 27.8. The molecule has 2 aromatic rings. The van der Waals surface area contributed by atoms with Crippen LogP contribution in [0.1, 0.15) is 65.1 Å². The van der Waals surface area contributed by atoms with Crippen molar-refractivity contribution in [1.82, 2.24) is 4.90 Å². The molecule has 186 valence electrons. The second-order valence-corrected chi connectivity index (χ2v) is 10.5. The van der Waals surface area contributed by atoms with Crippen molar-refractivity contribution < 1.29 is 27.9 Å². The molecule has 0 aromatic heterocycles. The maximum absolute atomic E-state index is 13.5. The summed E-state index contributed by atoms with van der Waals surface area (Å²) in [6, 6.07) is 9.05. The number of hydrogen-bond donors (Lipinski definition) is 1. The van der Waals surface area contributed by atoms with Crippen LogP contribution in [0.3, 0.4) is 0 Å². The van der Waals surface area contributed by atoms with E-state index in [0.29, 0.717) is 43.9 Å². The van der Waals surface area contributed by atoms with Crippen molar-refractivity contribution in [3.05, 3.63) is 63.7 Å². The number of halogens is 4. The van der Waals surface area contributed by atoms with E-state index in [4.69, 9.17) is 16.7 Å². The van der Waals surface area contributed by atoms with Crippen LogP contribution in [0.15, 0.2) is 36.4 Å². The maximum atomic E-state index is 13.5. The van der Waals surface area contributed by atoms with Crippen molar-refractivity contribution in [3.8, 4) is 0 Å². The first-order valence-electron chi connectivity index (χ1n) is 11.8. The van der Waals surface area contributed by atoms with Crippen LogP contribution >= 0.6 is 11.6 Å². The van der Waals surface area contributed by atoms with E-state index >= 15 is 0 Å². The number of carbonyl (C=O) groups is 2. The number of piperidine rings is 1. The quantitative estimate of drug-likeness (QED) is 0.544. The summed E-state index contributed by atoms with van der Waals surface area (Å²) in [5, 5.41) is 8.86. The standard InChI is InChI=1S/C26H26ClF3N2O3/c27-22-12-20(16-1-2-16)18(11-21(22)26(28,29)30)14-31-9-7-25(8-10-31)13-23(33)32(15-25)19-5-3-17(4-6-19)24(34)35/h3-6,11-12,16H,1-2,7-10,13-15H2,(H,34,35). The Bertz CT molecular complexity index is 1150. The van der Waals surface area contributed by atoms with Gasteiger partial charge in [-0.3, -0.25) is 9.69 Å². The van der Waals surface area contributed by atoms with E-state index in [2.05, 4.69) is 4.90 Å². The number of nitrogens with zero attached hydrogens (tertiary/aromatic N) is 2. The molecule has 2 heterocycles. The lowest BCUT2D eigenvalue weighted by Gasteiger charge is -2.39. The summed E-state index contributed by atoms with van der Waals surface area (Å²) >= 11 is 5.99. The molecule has 2 aliphatic heterocycles. The monoisotopic (exact) mass is 506 g/mol. The van der Waals surface area contributed by atoms with E-state index in [1.807, 2.05) is 0 Å². The number of carboxylic acids is 1. The molecule has 5 rings (SSSR count). The first-order chi connectivity index (χ1) is 16.5. The van der Waals surface area contributed by atoms with Crippen LogP contribution in [-0.2, 0) is 17.5 Å². The van der Waals surface area contributed by atoms with Gasteiger partial charge in [-0.05, 0) is 97.6 Å². The summed E-state index contributed by atoms with van der Waals surface area (Å²) in [5.74, 6) is -0.708. The van der Waals surface area contributed by atoms with Gasteiger partial charge in [0.2, 0.25) is 5.91 Å². The molecule has 0 unspecified atom stereocenters. The van der Waals surface area contributed by atoms with Crippen LogP contribution in [0, 0.1) is 5.41 Å². The van der Waals surface area contributed by atoms with Gasteiger partial charge in [0, 0.05) is 25.2 Å². The third-order valence-corrected chi connectivity index (χ3v) is 7.92. The molecule has 1 spiro atoms. The molecule has 3 aliphatic rings. The Balaban J connectivity index is 1.27. The number of hydrogen-bond acceptors (Lipinski definition) is 3. The van der Waals surface area contributed by atoms with Crippen molar-refractivity contribution >= 4 is 29.2 Å². The second kappa shape index (κ2) is 8.82. The molecule has 9 heteroatoms. The highest BCUT2D eigenvalue weighted by atomic mass is 35.5. The smallest absolute Gasteiger partial charge is 0.417 e. The van der Waals surface area contributed by atoms with Crippen LogP contribution < -0.4 is 4.90 Å². The molecule has 1 N–H and O–H groups in total. The first kappa shape index (κ1) is 24.1. The molecule has 1 saturated carbocycles. The zero-order chi connectivity index (χ0) is 25.0. The Morgan fingerprint density at radius 1 is 1.11 bits per heavy atom. The number of carbonyl (C=O) groups excluding carboxylic acids is 1. The van der Waals surface area contributed by atoms with Crippen LogP contribution in [0.25, 0.3) is 0 Å². The Morgan fingerprint density at radius 2 is 1.77 bits per heavy atom. The van der Waals surface area contributed by atoms with Gasteiger partial charge in [0.05, 0.1) is 16.1 Å². The van der Waals surface area contributed by atoms with Crippen molar-refractivity contribution in [2.24, 2.45) is 5.41 Å². The lowest BCUT2D eigenvalue weighted by molar-refractivity contribution is -0.137. The molecule has 3 fully saturated rings. The van der Waals surface area contributed by atoms with Gasteiger partial charge < -0.3 is 10.0 Å². The SMILES string of the molecule is O=C(O)c1ccc(N2CC3(CCN(Cc4cc(C(F)(F)F)c(Cl)cc4C4CC4)CC3)CC2=O)cc1. The molecule has 2 aromatic carbocycles. The van der Waals surface area contributed by atoms with Crippen molar-refractivity contribution in [3.63, 3.8) is 0 Å². The fraction of sp³-hybridized carbons (Fsp3) is 0.462.